The molecule has 0 unspecified atom stereocenters. The minimum atomic E-state index is -0.547. The number of benzene rings is 2. The number of methoxy groups -OCH3 is 2. The van der Waals surface area contributed by atoms with E-state index in [0.717, 1.165) is 0 Å². The van der Waals surface area contributed by atoms with Crippen molar-refractivity contribution >= 4 is 39.8 Å². The molecule has 0 heterocycles. The van der Waals surface area contributed by atoms with E-state index < -0.39 is 23.5 Å². The highest BCUT2D eigenvalue weighted by atomic mass is 79.9. The molecule has 0 spiro atoms. The molecule has 2 aromatic rings. The van der Waals surface area contributed by atoms with E-state index in [0.29, 0.717) is 16.9 Å². The number of carbonyl (C=O) groups excluding carboxylic acids is 4. The Morgan fingerprint density at radius 2 is 1.21 bits per heavy atom. The van der Waals surface area contributed by atoms with Crippen LogP contribution >= 0.6 is 15.9 Å². The van der Waals surface area contributed by atoms with E-state index in [1.165, 1.54) is 32.4 Å². The second-order valence-corrected chi connectivity index (χ2v) is 10.2. The zero-order chi connectivity index (χ0) is 30.2. The summed E-state index contributed by atoms with van der Waals surface area (Å²) in [7, 11) is 2.60. The normalized spacial score (nSPS) is 10.4. The van der Waals surface area contributed by atoms with Gasteiger partial charge in [0.15, 0.2) is 6.61 Å². The van der Waals surface area contributed by atoms with Crippen LogP contribution in [0.15, 0.2) is 48.5 Å². The van der Waals surface area contributed by atoms with E-state index in [4.69, 9.17) is 19.3 Å². The second-order valence-electron chi connectivity index (χ2n) is 9.66. The lowest BCUT2D eigenvalue weighted by Gasteiger charge is -2.19. The fourth-order valence-corrected chi connectivity index (χ4v) is 2.58. The molecule has 0 atom stereocenters. The summed E-state index contributed by atoms with van der Waals surface area (Å²) in [6.45, 7) is 10.7. The van der Waals surface area contributed by atoms with Crippen LogP contribution in [0.2, 0.25) is 0 Å². The number of alkyl halides is 1. The van der Waals surface area contributed by atoms with Crippen LogP contribution in [0.4, 0.5) is 0 Å². The SMILES string of the molecule is CC(C)(C)OC(=O)CBr.COC(=O)c1cccc(O)c1.COC(=O)c1cccc(OCC(=O)OC(C)(C)C)c1. The third-order valence-electron chi connectivity index (χ3n) is 3.83. The molecule has 0 aliphatic heterocycles. The Balaban J connectivity index is 0.000000612. The maximum atomic E-state index is 11.5. The fourth-order valence-electron chi connectivity index (χ4n) is 2.46. The summed E-state index contributed by atoms with van der Waals surface area (Å²) in [6, 6.07) is 12.4. The van der Waals surface area contributed by atoms with Gasteiger partial charge in [-0.25, -0.2) is 14.4 Å². The van der Waals surface area contributed by atoms with E-state index in [1.807, 2.05) is 20.8 Å². The maximum absolute atomic E-state index is 11.5. The number of rotatable bonds is 6. The Morgan fingerprint density at radius 3 is 1.62 bits per heavy atom. The number of esters is 4. The fraction of sp³-hybridized carbons (Fsp3) is 0.429. The van der Waals surface area contributed by atoms with E-state index in [9.17, 15) is 19.2 Å². The first-order chi connectivity index (χ1) is 18.0. The molecule has 0 aliphatic rings. The number of halogens is 1. The summed E-state index contributed by atoms with van der Waals surface area (Å²) in [4.78, 5) is 44.2. The van der Waals surface area contributed by atoms with E-state index in [2.05, 4.69) is 25.4 Å². The molecule has 0 saturated carbocycles. The van der Waals surface area contributed by atoms with Crippen LogP contribution in [0, 0.1) is 0 Å². The van der Waals surface area contributed by atoms with Crippen LogP contribution < -0.4 is 4.74 Å². The average molecular weight is 613 g/mol. The zero-order valence-corrected chi connectivity index (χ0v) is 25.1. The highest BCUT2D eigenvalue weighted by Gasteiger charge is 2.17. The lowest BCUT2D eigenvalue weighted by molar-refractivity contribution is -0.157. The first-order valence-corrected chi connectivity index (χ1v) is 12.8. The van der Waals surface area contributed by atoms with Crippen LogP contribution in [0.25, 0.3) is 0 Å². The van der Waals surface area contributed by atoms with Crippen molar-refractivity contribution in [3.05, 3.63) is 59.7 Å². The Hall–Kier alpha value is -3.60. The van der Waals surface area contributed by atoms with Crippen molar-refractivity contribution < 1.29 is 48.0 Å². The van der Waals surface area contributed by atoms with Gasteiger partial charge in [-0.3, -0.25) is 4.79 Å². The van der Waals surface area contributed by atoms with Gasteiger partial charge in [-0.2, -0.15) is 0 Å². The first-order valence-electron chi connectivity index (χ1n) is 11.7. The minimum Gasteiger partial charge on any atom is -0.508 e. The van der Waals surface area contributed by atoms with Crippen molar-refractivity contribution in [3.8, 4) is 11.5 Å². The lowest BCUT2D eigenvalue weighted by atomic mass is 10.2. The predicted octanol–water partition coefficient (Wildman–Crippen LogP) is 5.10. The van der Waals surface area contributed by atoms with E-state index in [-0.39, 0.29) is 29.3 Å². The number of carbonyl (C=O) groups is 4. The number of phenols is 1. The monoisotopic (exact) mass is 612 g/mol. The summed E-state index contributed by atoms with van der Waals surface area (Å²) in [6.07, 6.45) is 0. The first kappa shape index (κ1) is 35.4. The van der Waals surface area contributed by atoms with Gasteiger partial charge in [0, 0.05) is 0 Å². The lowest BCUT2D eigenvalue weighted by Crippen LogP contribution is -2.27. The molecule has 0 bridgehead atoms. The van der Waals surface area contributed by atoms with Crippen LogP contribution in [0.3, 0.4) is 0 Å². The molecule has 39 heavy (non-hydrogen) atoms. The summed E-state index contributed by atoms with van der Waals surface area (Å²) in [5.41, 5.74) is -0.184. The summed E-state index contributed by atoms with van der Waals surface area (Å²) in [5, 5.41) is 9.22. The zero-order valence-electron chi connectivity index (χ0n) is 23.5. The molecule has 11 heteroatoms. The predicted molar refractivity (Wildman–Crippen MR) is 148 cm³/mol. The number of hydrogen-bond acceptors (Lipinski definition) is 10. The van der Waals surface area contributed by atoms with E-state index >= 15 is 0 Å². The molecule has 2 aromatic carbocycles. The molecule has 1 N–H and O–H groups in total. The summed E-state index contributed by atoms with van der Waals surface area (Å²) < 4.78 is 24.3. The number of ether oxygens (including phenoxy) is 5. The topological polar surface area (TPSA) is 135 Å². The minimum absolute atomic E-state index is 0.0629. The molecule has 0 radical (unpaired) electrons. The Kier molecular flexibility index (Phi) is 15.5. The number of aromatic hydroxyl groups is 1. The maximum Gasteiger partial charge on any atom is 0.344 e. The molecule has 0 aliphatic carbocycles. The molecular weight excluding hydrogens is 576 g/mol. The van der Waals surface area contributed by atoms with Crippen LogP contribution in [-0.4, -0.2) is 66.3 Å². The van der Waals surface area contributed by atoms with Gasteiger partial charge in [-0.05, 0) is 77.9 Å². The highest BCUT2D eigenvalue weighted by molar-refractivity contribution is 9.09. The van der Waals surface area contributed by atoms with Gasteiger partial charge < -0.3 is 28.8 Å². The van der Waals surface area contributed by atoms with Gasteiger partial charge >= 0.3 is 23.9 Å². The van der Waals surface area contributed by atoms with Gasteiger partial charge in [-0.15, -0.1) is 0 Å². The van der Waals surface area contributed by atoms with Crippen molar-refractivity contribution in [1.29, 1.82) is 0 Å². The van der Waals surface area contributed by atoms with Crippen molar-refractivity contribution in [2.45, 2.75) is 52.7 Å². The highest BCUT2D eigenvalue weighted by Crippen LogP contribution is 2.15. The van der Waals surface area contributed by atoms with Crippen LogP contribution in [0.1, 0.15) is 62.3 Å². The summed E-state index contributed by atoms with van der Waals surface area (Å²) in [5.74, 6) is -1.11. The largest absolute Gasteiger partial charge is 0.508 e. The Labute approximate surface area is 237 Å². The third-order valence-corrected chi connectivity index (χ3v) is 4.29. The van der Waals surface area contributed by atoms with Crippen molar-refractivity contribution in [2.24, 2.45) is 0 Å². The van der Waals surface area contributed by atoms with Gasteiger partial charge in [0.1, 0.15) is 28.0 Å². The number of phenolic OH excluding ortho intramolecular Hbond substituents is 1. The quantitative estimate of drug-likeness (QED) is 0.267. The smallest absolute Gasteiger partial charge is 0.344 e. The Bertz CT molecular complexity index is 1080. The van der Waals surface area contributed by atoms with Gasteiger partial charge in [0.2, 0.25) is 0 Å². The van der Waals surface area contributed by atoms with Crippen molar-refractivity contribution in [1.82, 2.24) is 0 Å². The number of hydrogen-bond donors (Lipinski definition) is 1. The molecule has 216 valence electrons. The molecule has 0 aromatic heterocycles. The Morgan fingerprint density at radius 1 is 0.744 bits per heavy atom. The van der Waals surface area contributed by atoms with Gasteiger partial charge in [0.25, 0.3) is 0 Å². The van der Waals surface area contributed by atoms with E-state index in [1.54, 1.807) is 51.1 Å². The molecule has 0 amide bonds. The average Bonchev–Trinajstić information content (AvgIpc) is 2.85. The molecule has 0 saturated heterocycles. The van der Waals surface area contributed by atoms with Gasteiger partial charge in [0.05, 0.1) is 25.3 Å². The van der Waals surface area contributed by atoms with Crippen molar-refractivity contribution in [3.63, 3.8) is 0 Å². The molecule has 2 rings (SSSR count). The summed E-state index contributed by atoms with van der Waals surface area (Å²) >= 11 is 2.99. The van der Waals surface area contributed by atoms with Crippen LogP contribution in [0.5, 0.6) is 11.5 Å². The molecule has 0 fully saturated rings. The third kappa shape index (κ3) is 17.5. The molecule has 10 nitrogen and oxygen atoms in total. The van der Waals surface area contributed by atoms with Crippen molar-refractivity contribution in [2.75, 3.05) is 26.2 Å². The molecular formula is C28H37BrO10. The standard InChI is InChI=1S/C14H18O5.C8H8O3.C6H11BrO2/c1-14(2,3)19-12(15)9-18-11-7-5-6-10(8-11)13(16)17-4;1-11-8(10)6-3-2-4-7(9)5-6;1-6(2,3)9-5(8)4-7/h5-8H,9H2,1-4H3;2-5,9H,1H3;4H2,1-3H3. The van der Waals surface area contributed by atoms with Crippen LogP contribution in [-0.2, 0) is 28.5 Å². The second kappa shape index (κ2) is 17.1. The van der Waals surface area contributed by atoms with Gasteiger partial charge in [-0.1, -0.05) is 28.1 Å².